The van der Waals surface area contributed by atoms with Crippen LogP contribution in [0.4, 0.5) is 19.0 Å². The lowest BCUT2D eigenvalue weighted by atomic mass is 9.97. The SMILES string of the molecule is Cn1cc2c(-c3nn(-c4ccc(N5CCC(C(=O)O)CC5)nc4)c4c(C(F)(F)F)cccc34)cccc2n1. The number of carboxylic acids is 1. The standard InChI is InChI=1S/C27H23F3N6O2/c1-34-15-20-18(4-3-7-22(20)32-34)24-19-5-2-6-21(27(28,29)30)25(19)36(33-24)17-8-9-23(31-14-17)35-12-10-16(11-13-35)26(37)38/h2-9,14-16H,10-13H2,1H3,(H,37,38). The van der Waals surface area contributed by atoms with Crippen LogP contribution in [0, 0.1) is 5.92 Å². The molecule has 0 spiro atoms. The molecular weight excluding hydrogens is 497 g/mol. The van der Waals surface area contributed by atoms with Gasteiger partial charge < -0.3 is 10.0 Å². The zero-order valence-corrected chi connectivity index (χ0v) is 20.4. The van der Waals surface area contributed by atoms with Gasteiger partial charge in [0.2, 0.25) is 0 Å². The summed E-state index contributed by atoms with van der Waals surface area (Å²) in [4.78, 5) is 17.7. The highest BCUT2D eigenvalue weighted by atomic mass is 19.4. The predicted octanol–water partition coefficient (Wildman–Crippen LogP) is 5.29. The first-order chi connectivity index (χ1) is 18.2. The van der Waals surface area contributed by atoms with Gasteiger partial charge in [0.15, 0.2) is 0 Å². The average molecular weight is 521 g/mol. The molecule has 1 N–H and O–H groups in total. The van der Waals surface area contributed by atoms with Crippen LogP contribution in [0.2, 0.25) is 0 Å². The molecule has 0 radical (unpaired) electrons. The van der Waals surface area contributed by atoms with E-state index in [4.69, 9.17) is 5.10 Å². The molecule has 0 aliphatic carbocycles. The highest BCUT2D eigenvalue weighted by Gasteiger charge is 2.35. The third-order valence-corrected chi connectivity index (χ3v) is 7.07. The molecule has 11 heteroatoms. The molecule has 1 aliphatic rings. The minimum atomic E-state index is -4.59. The van der Waals surface area contributed by atoms with E-state index >= 15 is 0 Å². The first kappa shape index (κ1) is 24.0. The Morgan fingerprint density at radius 3 is 2.45 bits per heavy atom. The van der Waals surface area contributed by atoms with Crippen molar-refractivity contribution in [3.63, 3.8) is 0 Å². The van der Waals surface area contributed by atoms with Crippen LogP contribution in [0.15, 0.2) is 60.9 Å². The average Bonchev–Trinajstić information content (AvgIpc) is 3.48. The van der Waals surface area contributed by atoms with E-state index < -0.39 is 17.7 Å². The molecule has 1 saturated heterocycles. The summed E-state index contributed by atoms with van der Waals surface area (Å²) >= 11 is 0. The molecule has 1 aliphatic heterocycles. The second-order valence-corrected chi connectivity index (χ2v) is 9.48. The van der Waals surface area contributed by atoms with E-state index in [-0.39, 0.29) is 11.4 Å². The lowest BCUT2D eigenvalue weighted by molar-refractivity contribution is -0.142. The number of pyridine rings is 1. The third-order valence-electron chi connectivity index (χ3n) is 7.07. The number of hydrogen-bond donors (Lipinski definition) is 1. The molecule has 0 atom stereocenters. The van der Waals surface area contributed by atoms with Crippen LogP contribution in [0.3, 0.4) is 0 Å². The van der Waals surface area contributed by atoms with E-state index in [0.29, 0.717) is 54.1 Å². The fourth-order valence-electron chi connectivity index (χ4n) is 5.20. The monoisotopic (exact) mass is 520 g/mol. The number of para-hydroxylation sites is 1. The Labute approximate surface area is 214 Å². The lowest BCUT2D eigenvalue weighted by Crippen LogP contribution is -2.36. The molecule has 3 aromatic heterocycles. The fraction of sp³-hybridized carbons (Fsp3) is 0.259. The molecule has 2 aromatic carbocycles. The molecule has 0 amide bonds. The summed E-state index contributed by atoms with van der Waals surface area (Å²) in [6.45, 7) is 1.09. The van der Waals surface area contributed by atoms with Crippen molar-refractivity contribution in [2.75, 3.05) is 18.0 Å². The second-order valence-electron chi connectivity index (χ2n) is 9.48. The number of aryl methyl sites for hydroxylation is 1. The first-order valence-electron chi connectivity index (χ1n) is 12.2. The predicted molar refractivity (Wildman–Crippen MR) is 136 cm³/mol. The summed E-state index contributed by atoms with van der Waals surface area (Å²) in [6, 6.07) is 13.0. The highest BCUT2D eigenvalue weighted by molar-refractivity contribution is 6.03. The van der Waals surface area contributed by atoms with Crippen molar-refractivity contribution in [2.24, 2.45) is 13.0 Å². The number of anilines is 1. The van der Waals surface area contributed by atoms with Crippen molar-refractivity contribution in [3.05, 3.63) is 66.5 Å². The van der Waals surface area contributed by atoms with Crippen LogP contribution in [0.25, 0.3) is 38.8 Å². The lowest BCUT2D eigenvalue weighted by Gasteiger charge is -2.31. The first-order valence-corrected chi connectivity index (χ1v) is 12.2. The number of rotatable bonds is 4. The number of carbonyl (C=O) groups is 1. The van der Waals surface area contributed by atoms with Crippen molar-refractivity contribution < 1.29 is 23.1 Å². The quantitative estimate of drug-likeness (QED) is 0.346. The maximum absolute atomic E-state index is 14.2. The zero-order chi connectivity index (χ0) is 26.6. The van der Waals surface area contributed by atoms with Crippen molar-refractivity contribution in [1.29, 1.82) is 0 Å². The summed E-state index contributed by atoms with van der Waals surface area (Å²) in [5.74, 6) is -0.522. The number of alkyl halides is 3. The number of piperidine rings is 1. The maximum atomic E-state index is 14.2. The van der Waals surface area contributed by atoms with Crippen molar-refractivity contribution in [1.82, 2.24) is 24.5 Å². The van der Waals surface area contributed by atoms with Gasteiger partial charge in [-0.2, -0.15) is 23.4 Å². The molecular formula is C27H23F3N6O2. The third kappa shape index (κ3) is 4.04. The van der Waals surface area contributed by atoms with Crippen LogP contribution in [0.5, 0.6) is 0 Å². The van der Waals surface area contributed by atoms with E-state index in [1.165, 1.54) is 16.9 Å². The topological polar surface area (TPSA) is 89.1 Å². The van der Waals surface area contributed by atoms with E-state index in [2.05, 4.69) is 10.1 Å². The largest absolute Gasteiger partial charge is 0.481 e. The number of carboxylic acid groups (broad SMARTS) is 1. The molecule has 4 heterocycles. The summed E-state index contributed by atoms with van der Waals surface area (Å²) in [5.41, 5.74) is 1.38. The van der Waals surface area contributed by atoms with Crippen LogP contribution in [-0.4, -0.2) is 48.7 Å². The Bertz CT molecular complexity index is 1660. The Kier molecular flexibility index (Phi) is 5.59. The smallest absolute Gasteiger partial charge is 0.418 e. The zero-order valence-electron chi connectivity index (χ0n) is 20.4. The normalized spacial score (nSPS) is 15.0. The fourth-order valence-corrected chi connectivity index (χ4v) is 5.20. The highest BCUT2D eigenvalue weighted by Crippen LogP contribution is 2.40. The van der Waals surface area contributed by atoms with Gasteiger partial charge in [-0.1, -0.05) is 24.3 Å². The molecule has 5 aromatic rings. The number of hydrogen-bond acceptors (Lipinski definition) is 5. The van der Waals surface area contributed by atoms with E-state index in [1.54, 1.807) is 29.9 Å². The Hall–Kier alpha value is -4.41. The van der Waals surface area contributed by atoms with Crippen LogP contribution >= 0.6 is 0 Å². The van der Waals surface area contributed by atoms with Gasteiger partial charge in [-0.3, -0.25) is 9.48 Å². The number of fused-ring (bicyclic) bond motifs is 2. The summed E-state index contributed by atoms with van der Waals surface area (Å²) < 4.78 is 45.4. The van der Waals surface area contributed by atoms with Crippen molar-refractivity contribution >= 4 is 33.6 Å². The van der Waals surface area contributed by atoms with Gasteiger partial charge >= 0.3 is 12.1 Å². The van der Waals surface area contributed by atoms with E-state index in [9.17, 15) is 23.1 Å². The molecule has 6 rings (SSSR count). The second kappa shape index (κ2) is 8.86. The van der Waals surface area contributed by atoms with Crippen molar-refractivity contribution in [2.45, 2.75) is 19.0 Å². The molecule has 0 unspecified atom stereocenters. The van der Waals surface area contributed by atoms with Crippen LogP contribution in [0.1, 0.15) is 18.4 Å². The molecule has 0 saturated carbocycles. The van der Waals surface area contributed by atoms with Gasteiger partial charge in [0, 0.05) is 42.7 Å². The summed E-state index contributed by atoms with van der Waals surface area (Å²) in [7, 11) is 1.79. The van der Waals surface area contributed by atoms with Gasteiger partial charge in [0.25, 0.3) is 0 Å². The number of benzene rings is 2. The van der Waals surface area contributed by atoms with Gasteiger partial charge in [0.05, 0.1) is 34.4 Å². The van der Waals surface area contributed by atoms with Gasteiger partial charge in [-0.05, 0) is 37.1 Å². The number of halogens is 3. The van der Waals surface area contributed by atoms with Gasteiger partial charge in [0.1, 0.15) is 11.5 Å². The molecule has 38 heavy (non-hydrogen) atoms. The maximum Gasteiger partial charge on any atom is 0.418 e. The Morgan fingerprint density at radius 2 is 1.76 bits per heavy atom. The minimum absolute atomic E-state index is 0.0484. The van der Waals surface area contributed by atoms with Gasteiger partial charge in [-0.15, -0.1) is 0 Å². The molecule has 0 bridgehead atoms. The van der Waals surface area contributed by atoms with Gasteiger partial charge in [-0.25, -0.2) is 9.67 Å². The molecule has 8 nitrogen and oxygen atoms in total. The van der Waals surface area contributed by atoms with E-state index in [0.717, 1.165) is 17.0 Å². The minimum Gasteiger partial charge on any atom is -0.481 e. The Balaban J connectivity index is 1.47. The van der Waals surface area contributed by atoms with E-state index in [1.807, 2.05) is 29.3 Å². The van der Waals surface area contributed by atoms with Crippen LogP contribution in [-0.2, 0) is 18.0 Å². The summed E-state index contributed by atoms with van der Waals surface area (Å²) in [5, 5.41) is 19.5. The molecule has 1 fully saturated rings. The number of aliphatic carboxylic acids is 1. The Morgan fingerprint density at radius 1 is 1.00 bits per heavy atom. The number of aromatic nitrogens is 5. The van der Waals surface area contributed by atoms with Crippen LogP contribution < -0.4 is 4.90 Å². The molecule has 194 valence electrons. The number of nitrogens with zero attached hydrogens (tertiary/aromatic N) is 6. The summed E-state index contributed by atoms with van der Waals surface area (Å²) in [6.07, 6.45) is -0.224. The van der Waals surface area contributed by atoms with Crippen molar-refractivity contribution in [3.8, 4) is 16.9 Å².